The Balaban J connectivity index is 1.46. The summed E-state index contributed by atoms with van der Waals surface area (Å²) in [6.45, 7) is -0.0321. The molecule has 1 atom stereocenters. The van der Waals surface area contributed by atoms with E-state index in [2.05, 4.69) is 28.4 Å². The molecule has 1 saturated carbocycles. The number of amides is 1. The van der Waals surface area contributed by atoms with Crippen molar-refractivity contribution in [2.75, 3.05) is 0 Å². The maximum Gasteiger partial charge on any atom is 0.293 e. The lowest BCUT2D eigenvalue weighted by atomic mass is 10.1. The zero-order valence-electron chi connectivity index (χ0n) is 14.3. The second-order valence-electron chi connectivity index (χ2n) is 7.04. The number of fused-ring (bicyclic) bond motifs is 2. The molecule has 0 N–H and O–H groups in total. The Morgan fingerprint density at radius 2 is 2.00 bits per heavy atom. The highest BCUT2D eigenvalue weighted by molar-refractivity contribution is 5.77. The van der Waals surface area contributed by atoms with Crippen LogP contribution in [0.15, 0.2) is 47.7 Å². The second-order valence-corrected chi connectivity index (χ2v) is 7.04. The van der Waals surface area contributed by atoms with Gasteiger partial charge in [0.25, 0.3) is 5.56 Å². The fraction of sp³-hybridized carbons (Fsp3) is 0.368. The summed E-state index contributed by atoms with van der Waals surface area (Å²) in [5.74, 6) is -0.0346. The summed E-state index contributed by atoms with van der Waals surface area (Å²) < 4.78 is 2.67. The van der Waals surface area contributed by atoms with Crippen LogP contribution in [0.3, 0.4) is 0 Å². The summed E-state index contributed by atoms with van der Waals surface area (Å²) in [4.78, 5) is 27.6. The first-order valence-electron chi connectivity index (χ1n) is 9.01. The standard InChI is InChI=1S/C19H19N5O2/c25-18(11-22-19(26)17-9-10-20-23(17)12-21-22)24(14-6-7-14)16-8-5-13-3-1-2-4-15(13)16/h1-4,9-10,12,14,16H,5-8,11H2. The normalized spacial score (nSPS) is 18.8. The van der Waals surface area contributed by atoms with Crippen LogP contribution >= 0.6 is 0 Å². The van der Waals surface area contributed by atoms with Crippen LogP contribution in [0, 0.1) is 0 Å². The number of nitrogens with zero attached hydrogens (tertiary/aromatic N) is 5. The fourth-order valence-corrected chi connectivity index (χ4v) is 4.00. The number of hydrogen-bond acceptors (Lipinski definition) is 4. The Morgan fingerprint density at radius 3 is 2.85 bits per heavy atom. The maximum absolute atomic E-state index is 13.1. The zero-order valence-corrected chi connectivity index (χ0v) is 14.3. The Bertz CT molecular complexity index is 1050. The van der Waals surface area contributed by atoms with Crippen molar-refractivity contribution in [2.24, 2.45) is 0 Å². The van der Waals surface area contributed by atoms with Crippen LogP contribution in [0.25, 0.3) is 5.52 Å². The van der Waals surface area contributed by atoms with E-state index in [1.165, 1.54) is 26.7 Å². The molecule has 1 aromatic carbocycles. The van der Waals surface area contributed by atoms with E-state index in [-0.39, 0.29) is 30.1 Å². The average Bonchev–Trinajstić information content (AvgIpc) is 3.20. The van der Waals surface area contributed by atoms with E-state index < -0.39 is 0 Å². The van der Waals surface area contributed by atoms with Gasteiger partial charge in [0.05, 0.1) is 12.2 Å². The van der Waals surface area contributed by atoms with Crippen LogP contribution in [0.5, 0.6) is 0 Å². The summed E-state index contributed by atoms with van der Waals surface area (Å²) in [5.41, 5.74) is 2.71. The van der Waals surface area contributed by atoms with Crippen LogP contribution in [0.2, 0.25) is 0 Å². The van der Waals surface area contributed by atoms with Gasteiger partial charge in [-0.1, -0.05) is 24.3 Å². The van der Waals surface area contributed by atoms with Gasteiger partial charge >= 0.3 is 0 Å². The molecule has 0 bridgehead atoms. The Labute approximate surface area is 149 Å². The van der Waals surface area contributed by atoms with Gasteiger partial charge in [-0.05, 0) is 42.9 Å². The van der Waals surface area contributed by atoms with Crippen LogP contribution in [-0.4, -0.2) is 36.2 Å². The molecule has 7 heteroatoms. The van der Waals surface area contributed by atoms with E-state index in [0.29, 0.717) is 5.52 Å². The number of carbonyl (C=O) groups is 1. The van der Waals surface area contributed by atoms with E-state index >= 15 is 0 Å². The van der Waals surface area contributed by atoms with Crippen molar-refractivity contribution in [3.8, 4) is 0 Å². The molecule has 1 amide bonds. The van der Waals surface area contributed by atoms with Crippen molar-refractivity contribution < 1.29 is 4.79 Å². The predicted molar refractivity (Wildman–Crippen MR) is 94.6 cm³/mol. The zero-order chi connectivity index (χ0) is 17.7. The number of carbonyl (C=O) groups excluding carboxylic acids is 1. The molecule has 26 heavy (non-hydrogen) atoms. The molecule has 3 aromatic rings. The van der Waals surface area contributed by atoms with E-state index in [1.54, 1.807) is 12.3 Å². The predicted octanol–water partition coefficient (Wildman–Crippen LogP) is 1.57. The second kappa shape index (κ2) is 5.79. The first kappa shape index (κ1) is 15.3. The number of aromatic nitrogens is 4. The molecule has 2 aromatic heterocycles. The van der Waals surface area contributed by atoms with Gasteiger partial charge in [-0.25, -0.2) is 9.20 Å². The Morgan fingerprint density at radius 1 is 1.15 bits per heavy atom. The quantitative estimate of drug-likeness (QED) is 0.717. The van der Waals surface area contributed by atoms with Gasteiger partial charge in [0, 0.05) is 6.04 Å². The highest BCUT2D eigenvalue weighted by atomic mass is 16.2. The van der Waals surface area contributed by atoms with E-state index in [0.717, 1.165) is 25.7 Å². The van der Waals surface area contributed by atoms with Gasteiger partial charge in [-0.3, -0.25) is 9.59 Å². The molecule has 2 aliphatic carbocycles. The van der Waals surface area contributed by atoms with Gasteiger partial charge < -0.3 is 4.90 Å². The highest BCUT2D eigenvalue weighted by Crippen LogP contribution is 2.41. The summed E-state index contributed by atoms with van der Waals surface area (Å²) in [6.07, 6.45) is 7.04. The molecule has 2 heterocycles. The SMILES string of the molecule is O=C(Cn1ncn2nccc2c1=O)N(C1CC1)C1CCc2ccccc21. The third-order valence-corrected chi connectivity index (χ3v) is 5.37. The number of aryl methyl sites for hydroxylation is 1. The molecule has 2 aliphatic rings. The largest absolute Gasteiger partial charge is 0.331 e. The molecule has 0 radical (unpaired) electrons. The molecule has 5 rings (SSSR count). The van der Waals surface area contributed by atoms with Gasteiger partial charge in [0.2, 0.25) is 5.91 Å². The van der Waals surface area contributed by atoms with Gasteiger partial charge in [-0.2, -0.15) is 10.2 Å². The van der Waals surface area contributed by atoms with E-state index in [9.17, 15) is 9.59 Å². The number of hydrogen-bond donors (Lipinski definition) is 0. The summed E-state index contributed by atoms with van der Waals surface area (Å²) >= 11 is 0. The maximum atomic E-state index is 13.1. The number of benzene rings is 1. The van der Waals surface area contributed by atoms with Crippen molar-refractivity contribution in [3.05, 3.63) is 64.3 Å². The van der Waals surface area contributed by atoms with Gasteiger partial charge in [0.15, 0.2) is 0 Å². The minimum Gasteiger partial charge on any atom is -0.331 e. The van der Waals surface area contributed by atoms with Crippen molar-refractivity contribution >= 4 is 11.4 Å². The minimum atomic E-state index is -0.291. The highest BCUT2D eigenvalue weighted by Gasteiger charge is 2.40. The van der Waals surface area contributed by atoms with Crippen molar-refractivity contribution in [2.45, 2.75) is 44.3 Å². The Hall–Kier alpha value is -2.96. The lowest BCUT2D eigenvalue weighted by Crippen LogP contribution is -2.40. The molecule has 0 spiro atoms. The van der Waals surface area contributed by atoms with E-state index in [4.69, 9.17) is 0 Å². The molecular weight excluding hydrogens is 330 g/mol. The van der Waals surface area contributed by atoms with Crippen LogP contribution in [0.4, 0.5) is 0 Å². The van der Waals surface area contributed by atoms with Gasteiger partial charge in [-0.15, -0.1) is 0 Å². The van der Waals surface area contributed by atoms with E-state index in [1.807, 2.05) is 11.0 Å². The minimum absolute atomic E-state index is 0.0321. The number of rotatable bonds is 4. The van der Waals surface area contributed by atoms with Crippen molar-refractivity contribution in [1.29, 1.82) is 0 Å². The molecule has 1 fully saturated rings. The third kappa shape index (κ3) is 2.42. The molecule has 1 unspecified atom stereocenters. The van der Waals surface area contributed by atoms with Crippen molar-refractivity contribution in [1.82, 2.24) is 24.3 Å². The lowest BCUT2D eigenvalue weighted by molar-refractivity contribution is -0.135. The molecule has 0 saturated heterocycles. The summed E-state index contributed by atoms with van der Waals surface area (Å²) in [7, 11) is 0. The fourth-order valence-electron chi connectivity index (χ4n) is 4.00. The summed E-state index contributed by atoms with van der Waals surface area (Å²) in [6, 6.07) is 10.4. The molecule has 132 valence electrons. The van der Waals surface area contributed by atoms with Crippen molar-refractivity contribution in [3.63, 3.8) is 0 Å². The monoisotopic (exact) mass is 349 g/mol. The summed E-state index contributed by atoms with van der Waals surface area (Å²) in [5, 5.41) is 8.12. The third-order valence-electron chi connectivity index (χ3n) is 5.37. The molecular formula is C19H19N5O2. The smallest absolute Gasteiger partial charge is 0.293 e. The first-order valence-corrected chi connectivity index (χ1v) is 9.01. The van der Waals surface area contributed by atoms with Crippen LogP contribution < -0.4 is 5.56 Å². The lowest BCUT2D eigenvalue weighted by Gasteiger charge is -2.30. The van der Waals surface area contributed by atoms with Crippen LogP contribution in [0.1, 0.15) is 36.4 Å². The molecule has 0 aliphatic heterocycles. The average molecular weight is 349 g/mol. The molecule has 7 nitrogen and oxygen atoms in total. The van der Waals surface area contributed by atoms with Gasteiger partial charge in [0.1, 0.15) is 18.4 Å². The topological polar surface area (TPSA) is 72.5 Å². The van der Waals surface area contributed by atoms with Crippen LogP contribution in [-0.2, 0) is 17.8 Å². The Kier molecular flexibility index (Phi) is 3.41. The first-order chi connectivity index (χ1) is 12.7.